The molecule has 3 fully saturated rings. The highest BCUT2D eigenvalue weighted by molar-refractivity contribution is 6.03. The fourth-order valence-electron chi connectivity index (χ4n) is 8.59. The lowest BCUT2D eigenvalue weighted by atomic mass is 9.79. The van der Waals surface area contributed by atoms with Gasteiger partial charge in [0.15, 0.2) is 5.69 Å². The number of piperidine rings is 2. The van der Waals surface area contributed by atoms with E-state index >= 15 is 4.39 Å². The van der Waals surface area contributed by atoms with Crippen LogP contribution in [0.3, 0.4) is 0 Å². The fraction of sp³-hybridized carbons (Fsp3) is 0.447. The number of carbonyl (C=O) groups is 3. The molecule has 0 radical (unpaired) electrons. The highest BCUT2D eigenvalue weighted by Gasteiger charge is 2.37. The third kappa shape index (κ3) is 7.12. The summed E-state index contributed by atoms with van der Waals surface area (Å²) in [5.41, 5.74) is 1.90. The molecule has 3 amide bonds. The van der Waals surface area contributed by atoms with E-state index in [2.05, 4.69) is 25.5 Å². The second-order valence-corrected chi connectivity index (χ2v) is 14.9. The molecule has 1 saturated carbocycles. The third-order valence-electron chi connectivity index (χ3n) is 11.4. The number of rotatable bonds is 7. The number of aromatic nitrogens is 6. The molecule has 5 aromatic rings. The first-order valence-corrected chi connectivity index (χ1v) is 18.4. The smallest absolute Gasteiger partial charge is 0.320 e. The van der Waals surface area contributed by atoms with Gasteiger partial charge in [-0.2, -0.15) is 18.3 Å². The summed E-state index contributed by atoms with van der Waals surface area (Å²) < 4.78 is 59.8. The molecular formula is C38H39F4N9O4. The number of nitrogens with one attached hydrogen (secondary N) is 2. The van der Waals surface area contributed by atoms with Gasteiger partial charge in [-0.1, -0.05) is 12.1 Å². The Hall–Kier alpha value is -5.45. The molecule has 2 aliphatic heterocycles. The second kappa shape index (κ2) is 14.3. The lowest BCUT2D eigenvalue weighted by Crippen LogP contribution is -2.44. The number of alkyl halides is 4. The Morgan fingerprint density at radius 2 is 1.82 bits per heavy atom. The van der Waals surface area contributed by atoms with E-state index in [1.54, 1.807) is 42.0 Å². The van der Waals surface area contributed by atoms with Crippen LogP contribution >= 0.6 is 0 Å². The van der Waals surface area contributed by atoms with Crippen molar-refractivity contribution in [2.75, 3.05) is 25.0 Å². The summed E-state index contributed by atoms with van der Waals surface area (Å²) in [5.74, 6) is -1.44. The van der Waals surface area contributed by atoms with Crippen molar-refractivity contribution in [2.45, 2.75) is 75.2 Å². The number of para-hydroxylation sites is 1. The standard InChI is InChI=1S/C38H39F4N9O4/c1-48-34-26(3-2-4-30(34)51(37(48)55)31-9-10-33(52)46-36(31)54)25-12-13-49(20-27(25)39)19-21-5-7-22(8-6-21)28-16-24-15-23(11-14-50(24)47-28)44-35(53)29-17-43-18-32(45-29)38(40,41)42/h2-4,11,14-18,21-22,25,27,31H,5-10,12-13,19-20H2,1H3,(H,44,53)(H,46,52,54)/t21?,22?,25-,27+,31?/m0/s1. The number of likely N-dealkylation sites (tertiary alicyclic amines) is 1. The van der Waals surface area contributed by atoms with Crippen LogP contribution in [0, 0.1) is 5.92 Å². The van der Waals surface area contributed by atoms with E-state index in [0.29, 0.717) is 35.3 Å². The van der Waals surface area contributed by atoms with E-state index in [-0.39, 0.29) is 36.9 Å². The van der Waals surface area contributed by atoms with Crippen LogP contribution in [0.1, 0.15) is 90.3 Å². The maximum atomic E-state index is 16.1. The number of carbonyl (C=O) groups excluding carboxylic acids is 3. The molecule has 2 N–H and O–H groups in total. The van der Waals surface area contributed by atoms with Crippen molar-refractivity contribution < 1.29 is 31.9 Å². The number of nitrogens with zero attached hydrogens (tertiary/aromatic N) is 7. The monoisotopic (exact) mass is 761 g/mol. The minimum atomic E-state index is -4.72. The van der Waals surface area contributed by atoms with Crippen LogP contribution < -0.4 is 16.3 Å². The van der Waals surface area contributed by atoms with Crippen molar-refractivity contribution in [3.8, 4) is 0 Å². The number of hydrogen-bond acceptors (Lipinski definition) is 8. The fourth-order valence-corrected chi connectivity index (χ4v) is 8.59. The summed E-state index contributed by atoms with van der Waals surface area (Å²) in [6.07, 6.45) is 2.09. The van der Waals surface area contributed by atoms with E-state index < -0.39 is 47.5 Å². The zero-order valence-electron chi connectivity index (χ0n) is 29.9. The van der Waals surface area contributed by atoms with Gasteiger partial charge in [0, 0.05) is 50.3 Å². The van der Waals surface area contributed by atoms with Gasteiger partial charge in [-0.25, -0.2) is 18.7 Å². The van der Waals surface area contributed by atoms with Crippen molar-refractivity contribution in [1.82, 2.24) is 38.9 Å². The van der Waals surface area contributed by atoms with Crippen LogP contribution in [0.25, 0.3) is 16.6 Å². The number of aryl methyl sites for hydroxylation is 1. The highest BCUT2D eigenvalue weighted by Crippen LogP contribution is 2.39. The highest BCUT2D eigenvalue weighted by atomic mass is 19.4. The molecule has 4 aromatic heterocycles. The molecule has 0 bridgehead atoms. The number of pyridine rings is 1. The second-order valence-electron chi connectivity index (χ2n) is 14.9. The van der Waals surface area contributed by atoms with Crippen LogP contribution in [0.15, 0.2) is 59.8 Å². The molecule has 13 nitrogen and oxygen atoms in total. The van der Waals surface area contributed by atoms with Crippen molar-refractivity contribution in [3.05, 3.63) is 88.1 Å². The van der Waals surface area contributed by atoms with Crippen LogP contribution in [0.5, 0.6) is 0 Å². The Bertz CT molecular complexity index is 2360. The van der Waals surface area contributed by atoms with E-state index in [1.807, 2.05) is 12.1 Å². The zero-order chi connectivity index (χ0) is 38.6. The number of anilines is 1. The molecule has 1 aromatic carbocycles. The summed E-state index contributed by atoms with van der Waals surface area (Å²) in [6.45, 7) is 1.79. The van der Waals surface area contributed by atoms with E-state index in [4.69, 9.17) is 5.10 Å². The van der Waals surface area contributed by atoms with Crippen molar-refractivity contribution in [3.63, 3.8) is 0 Å². The Kier molecular flexibility index (Phi) is 9.51. The number of halogens is 4. The Morgan fingerprint density at radius 3 is 2.56 bits per heavy atom. The number of imidazole rings is 1. The molecule has 288 valence electrons. The number of hydrogen-bond donors (Lipinski definition) is 2. The first-order valence-electron chi connectivity index (χ1n) is 18.4. The van der Waals surface area contributed by atoms with Gasteiger partial charge in [-0.05, 0) is 80.8 Å². The Labute approximate surface area is 311 Å². The molecule has 8 rings (SSSR count). The Morgan fingerprint density at radius 1 is 1.02 bits per heavy atom. The van der Waals surface area contributed by atoms with Gasteiger partial charge in [0.1, 0.15) is 17.9 Å². The minimum absolute atomic E-state index is 0.144. The average Bonchev–Trinajstić information content (AvgIpc) is 3.69. The topological polar surface area (TPSA) is 149 Å². The third-order valence-corrected chi connectivity index (χ3v) is 11.4. The van der Waals surface area contributed by atoms with Crippen LogP contribution in [-0.4, -0.2) is 77.1 Å². The zero-order valence-corrected chi connectivity index (χ0v) is 29.9. The Balaban J connectivity index is 0.872. The van der Waals surface area contributed by atoms with Gasteiger partial charge >= 0.3 is 11.9 Å². The molecule has 1 unspecified atom stereocenters. The number of imide groups is 1. The number of benzene rings is 1. The van der Waals surface area contributed by atoms with E-state index in [1.165, 1.54) is 9.13 Å². The number of amides is 3. The lowest BCUT2D eigenvalue weighted by molar-refractivity contribution is -0.141. The molecular weight excluding hydrogens is 722 g/mol. The SMILES string of the molecule is Cn1c(=O)n(C2CCC(=O)NC2=O)c2cccc([C@@H]3CCN(CC4CCC(c5cc6cc(NC(=O)c7cncc(C(F)(F)F)n7)ccn6n5)CC4)C[C@H]3F)c21. The molecule has 17 heteroatoms. The summed E-state index contributed by atoms with van der Waals surface area (Å²) in [6, 6.07) is 9.91. The summed E-state index contributed by atoms with van der Waals surface area (Å²) in [7, 11) is 1.64. The van der Waals surface area contributed by atoms with Gasteiger partial charge in [-0.3, -0.25) is 33.8 Å². The first-order chi connectivity index (χ1) is 26.3. The summed E-state index contributed by atoms with van der Waals surface area (Å²) in [5, 5.41) is 9.67. The van der Waals surface area contributed by atoms with Gasteiger partial charge < -0.3 is 10.2 Å². The molecule has 2 saturated heterocycles. The predicted molar refractivity (Wildman–Crippen MR) is 192 cm³/mol. The maximum Gasteiger partial charge on any atom is 0.434 e. The quantitative estimate of drug-likeness (QED) is 0.172. The molecule has 55 heavy (non-hydrogen) atoms. The van der Waals surface area contributed by atoms with Crippen molar-refractivity contribution in [2.24, 2.45) is 13.0 Å². The molecule has 3 atom stereocenters. The maximum absolute atomic E-state index is 16.1. The molecule has 0 spiro atoms. The lowest BCUT2D eigenvalue weighted by Gasteiger charge is -2.38. The van der Waals surface area contributed by atoms with Gasteiger partial charge in [0.2, 0.25) is 11.8 Å². The predicted octanol–water partition coefficient (Wildman–Crippen LogP) is 5.13. The number of fused-ring (bicyclic) bond motifs is 2. The van der Waals surface area contributed by atoms with Gasteiger partial charge in [-0.15, -0.1) is 0 Å². The minimum Gasteiger partial charge on any atom is -0.320 e. The van der Waals surface area contributed by atoms with E-state index in [9.17, 15) is 32.3 Å². The normalized spacial score (nSPS) is 24.0. The molecule has 1 aliphatic carbocycles. The van der Waals surface area contributed by atoms with Gasteiger partial charge in [0.05, 0.1) is 34.6 Å². The summed E-state index contributed by atoms with van der Waals surface area (Å²) in [4.78, 5) is 59.5. The van der Waals surface area contributed by atoms with Crippen molar-refractivity contribution >= 4 is 40.0 Å². The van der Waals surface area contributed by atoms with Crippen molar-refractivity contribution in [1.29, 1.82) is 0 Å². The first kappa shape index (κ1) is 36.5. The van der Waals surface area contributed by atoms with Crippen LogP contribution in [0.2, 0.25) is 0 Å². The van der Waals surface area contributed by atoms with E-state index in [0.717, 1.165) is 61.7 Å². The van der Waals surface area contributed by atoms with Gasteiger partial charge in [0.25, 0.3) is 5.91 Å². The molecule has 3 aliphatic rings. The van der Waals surface area contributed by atoms with Crippen LogP contribution in [0.4, 0.5) is 23.2 Å². The average molecular weight is 762 g/mol. The summed E-state index contributed by atoms with van der Waals surface area (Å²) >= 11 is 0. The largest absolute Gasteiger partial charge is 0.434 e. The van der Waals surface area contributed by atoms with Crippen LogP contribution in [-0.2, 0) is 22.8 Å². The molecule has 6 heterocycles.